The summed E-state index contributed by atoms with van der Waals surface area (Å²) in [6, 6.07) is 12.8. The van der Waals surface area contributed by atoms with E-state index in [4.69, 9.17) is 4.74 Å². The number of pyridine rings is 1. The number of benzene rings is 1. The predicted molar refractivity (Wildman–Crippen MR) is 105 cm³/mol. The van der Waals surface area contributed by atoms with Crippen molar-refractivity contribution in [3.63, 3.8) is 0 Å². The second kappa shape index (κ2) is 7.79. The lowest BCUT2D eigenvalue weighted by molar-refractivity contribution is -0.115. The molecule has 2 atom stereocenters. The SMILES string of the molecule is CO[C@H]1CN(C2CCN(C(=O)c3cccc(C)c3)CC2)[C@H]1c1ccncc1. The van der Waals surface area contributed by atoms with Gasteiger partial charge in [-0.3, -0.25) is 14.7 Å². The number of nitrogens with zero attached hydrogens (tertiary/aromatic N) is 3. The van der Waals surface area contributed by atoms with E-state index >= 15 is 0 Å². The van der Waals surface area contributed by atoms with E-state index in [1.54, 1.807) is 7.11 Å². The number of rotatable bonds is 4. The number of likely N-dealkylation sites (tertiary alicyclic amines) is 2. The lowest BCUT2D eigenvalue weighted by atomic mass is 9.87. The van der Waals surface area contributed by atoms with Crippen molar-refractivity contribution < 1.29 is 9.53 Å². The molecule has 4 rings (SSSR count). The van der Waals surface area contributed by atoms with Gasteiger partial charge >= 0.3 is 0 Å². The zero-order valence-corrected chi connectivity index (χ0v) is 16.0. The summed E-state index contributed by atoms with van der Waals surface area (Å²) in [5, 5.41) is 0. The number of aromatic nitrogens is 1. The monoisotopic (exact) mass is 365 g/mol. The minimum absolute atomic E-state index is 0.154. The largest absolute Gasteiger partial charge is 0.378 e. The van der Waals surface area contributed by atoms with Gasteiger partial charge in [0, 0.05) is 50.7 Å². The van der Waals surface area contributed by atoms with Crippen LogP contribution >= 0.6 is 0 Å². The first-order chi connectivity index (χ1) is 13.2. The molecule has 3 heterocycles. The Hall–Kier alpha value is -2.24. The maximum Gasteiger partial charge on any atom is 0.253 e. The Morgan fingerprint density at radius 1 is 1.15 bits per heavy atom. The summed E-state index contributed by atoms with van der Waals surface area (Å²) in [6.45, 7) is 4.61. The highest BCUT2D eigenvalue weighted by Crippen LogP contribution is 2.39. The van der Waals surface area contributed by atoms with Crippen LogP contribution in [0.2, 0.25) is 0 Å². The van der Waals surface area contributed by atoms with Gasteiger partial charge in [-0.1, -0.05) is 17.7 Å². The van der Waals surface area contributed by atoms with E-state index in [-0.39, 0.29) is 12.0 Å². The van der Waals surface area contributed by atoms with Crippen LogP contribution in [-0.4, -0.2) is 59.6 Å². The van der Waals surface area contributed by atoms with Crippen LogP contribution in [0.25, 0.3) is 0 Å². The minimum atomic E-state index is 0.154. The Kier molecular flexibility index (Phi) is 5.23. The number of amides is 1. The van der Waals surface area contributed by atoms with Gasteiger partial charge in [0.1, 0.15) is 0 Å². The molecule has 0 aliphatic carbocycles. The zero-order valence-electron chi connectivity index (χ0n) is 16.0. The average Bonchev–Trinajstić information content (AvgIpc) is 2.68. The third-order valence-electron chi connectivity index (χ3n) is 5.94. The normalized spacial score (nSPS) is 23.9. The molecule has 1 amide bonds. The summed E-state index contributed by atoms with van der Waals surface area (Å²) in [7, 11) is 1.79. The first-order valence-corrected chi connectivity index (χ1v) is 9.72. The van der Waals surface area contributed by atoms with Crippen LogP contribution in [0, 0.1) is 6.92 Å². The Labute approximate surface area is 161 Å². The molecule has 1 aromatic heterocycles. The van der Waals surface area contributed by atoms with Gasteiger partial charge in [0.15, 0.2) is 0 Å². The van der Waals surface area contributed by atoms with Gasteiger partial charge < -0.3 is 9.64 Å². The fourth-order valence-electron chi connectivity index (χ4n) is 4.40. The van der Waals surface area contributed by atoms with E-state index in [0.29, 0.717) is 12.1 Å². The number of aryl methyl sites for hydroxylation is 1. The maximum atomic E-state index is 12.8. The second-order valence-electron chi connectivity index (χ2n) is 7.59. The molecule has 142 valence electrons. The van der Waals surface area contributed by atoms with Crippen LogP contribution in [-0.2, 0) is 4.74 Å². The van der Waals surface area contributed by atoms with Crippen LogP contribution in [0.15, 0.2) is 48.8 Å². The molecule has 0 unspecified atom stereocenters. The van der Waals surface area contributed by atoms with Gasteiger partial charge in [-0.15, -0.1) is 0 Å². The van der Waals surface area contributed by atoms with E-state index in [1.807, 2.05) is 48.5 Å². The van der Waals surface area contributed by atoms with Crippen molar-refractivity contribution in [3.8, 4) is 0 Å². The summed E-state index contributed by atoms with van der Waals surface area (Å²) in [5.74, 6) is 0.154. The Balaban J connectivity index is 1.40. The molecule has 2 aliphatic rings. The number of ether oxygens (including phenoxy) is 1. The quantitative estimate of drug-likeness (QED) is 0.835. The fraction of sp³-hybridized carbons (Fsp3) is 0.455. The van der Waals surface area contributed by atoms with E-state index in [9.17, 15) is 4.79 Å². The van der Waals surface area contributed by atoms with Gasteiger partial charge in [0.2, 0.25) is 0 Å². The Bertz CT molecular complexity index is 787. The van der Waals surface area contributed by atoms with Gasteiger partial charge in [-0.25, -0.2) is 0 Å². The van der Waals surface area contributed by atoms with Gasteiger partial charge in [-0.05, 0) is 49.6 Å². The molecule has 0 N–H and O–H groups in total. The summed E-state index contributed by atoms with van der Waals surface area (Å²) in [5.41, 5.74) is 3.19. The summed E-state index contributed by atoms with van der Waals surface area (Å²) < 4.78 is 5.68. The molecule has 2 aromatic rings. The van der Waals surface area contributed by atoms with Gasteiger partial charge in [0.25, 0.3) is 5.91 Å². The van der Waals surface area contributed by atoms with Crippen molar-refractivity contribution in [2.24, 2.45) is 0 Å². The van der Waals surface area contributed by atoms with E-state index in [0.717, 1.165) is 43.6 Å². The second-order valence-corrected chi connectivity index (χ2v) is 7.59. The molecule has 5 nitrogen and oxygen atoms in total. The number of hydrogen-bond donors (Lipinski definition) is 0. The van der Waals surface area contributed by atoms with E-state index in [1.165, 1.54) is 5.56 Å². The van der Waals surface area contributed by atoms with Crippen molar-refractivity contribution in [2.75, 3.05) is 26.7 Å². The van der Waals surface area contributed by atoms with Crippen LogP contribution < -0.4 is 0 Å². The standard InChI is InChI=1S/C22H27N3O2/c1-16-4-3-5-18(14-16)22(26)24-12-8-19(9-13-24)25-15-20(27-2)21(25)17-6-10-23-11-7-17/h3-7,10-11,14,19-21H,8-9,12-13,15H2,1-2H3/t20-,21-/m0/s1. The molecule has 0 saturated carbocycles. The minimum Gasteiger partial charge on any atom is -0.378 e. The smallest absolute Gasteiger partial charge is 0.253 e. The van der Waals surface area contributed by atoms with Crippen LogP contribution in [0.1, 0.15) is 40.4 Å². The topological polar surface area (TPSA) is 45.7 Å². The summed E-state index contributed by atoms with van der Waals surface area (Å²) in [6.07, 6.45) is 5.95. The molecule has 0 radical (unpaired) electrons. The van der Waals surface area contributed by atoms with E-state index in [2.05, 4.69) is 22.0 Å². The van der Waals surface area contributed by atoms with Crippen LogP contribution in [0.5, 0.6) is 0 Å². The third kappa shape index (κ3) is 3.62. The van der Waals surface area contributed by atoms with Crippen molar-refractivity contribution in [3.05, 3.63) is 65.5 Å². The lowest BCUT2D eigenvalue weighted by Crippen LogP contribution is -2.60. The van der Waals surface area contributed by atoms with Crippen LogP contribution in [0.3, 0.4) is 0 Å². The highest BCUT2D eigenvalue weighted by Gasteiger charge is 2.44. The number of piperidine rings is 1. The molecule has 2 saturated heterocycles. The molecule has 27 heavy (non-hydrogen) atoms. The van der Waals surface area contributed by atoms with Crippen molar-refractivity contribution in [1.29, 1.82) is 0 Å². The number of carbonyl (C=O) groups excluding carboxylic acids is 1. The maximum absolute atomic E-state index is 12.8. The number of carbonyl (C=O) groups is 1. The number of methoxy groups -OCH3 is 1. The molecule has 0 bridgehead atoms. The van der Waals surface area contributed by atoms with Crippen molar-refractivity contribution in [2.45, 2.75) is 38.0 Å². The molecule has 2 aliphatic heterocycles. The molecule has 1 aromatic carbocycles. The van der Waals surface area contributed by atoms with Crippen LogP contribution in [0.4, 0.5) is 0 Å². The first-order valence-electron chi connectivity index (χ1n) is 9.72. The average molecular weight is 365 g/mol. The molecule has 2 fully saturated rings. The first kappa shape index (κ1) is 18.1. The van der Waals surface area contributed by atoms with Crippen molar-refractivity contribution in [1.82, 2.24) is 14.8 Å². The Morgan fingerprint density at radius 3 is 2.56 bits per heavy atom. The van der Waals surface area contributed by atoms with Gasteiger partial charge in [-0.2, -0.15) is 0 Å². The Morgan fingerprint density at radius 2 is 1.89 bits per heavy atom. The summed E-state index contributed by atoms with van der Waals surface area (Å²) in [4.78, 5) is 21.5. The fourth-order valence-corrected chi connectivity index (χ4v) is 4.40. The van der Waals surface area contributed by atoms with Gasteiger partial charge in [0.05, 0.1) is 12.1 Å². The highest BCUT2D eigenvalue weighted by molar-refractivity contribution is 5.94. The number of hydrogen-bond acceptors (Lipinski definition) is 4. The molecule has 5 heteroatoms. The molecule has 0 spiro atoms. The zero-order chi connectivity index (χ0) is 18.8. The van der Waals surface area contributed by atoms with Crippen molar-refractivity contribution >= 4 is 5.91 Å². The summed E-state index contributed by atoms with van der Waals surface area (Å²) >= 11 is 0. The third-order valence-corrected chi connectivity index (χ3v) is 5.94. The lowest BCUT2D eigenvalue weighted by Gasteiger charge is -2.53. The highest BCUT2D eigenvalue weighted by atomic mass is 16.5. The molecular weight excluding hydrogens is 338 g/mol. The van der Waals surface area contributed by atoms with E-state index < -0.39 is 0 Å². The molecular formula is C22H27N3O2. The predicted octanol–water partition coefficient (Wildman–Crippen LogP) is 3.07.